The van der Waals surface area contributed by atoms with Crippen molar-refractivity contribution in [1.82, 2.24) is 4.57 Å². The van der Waals surface area contributed by atoms with E-state index in [1.54, 1.807) is 0 Å². The average molecular weight is 855 g/mol. The molecule has 0 saturated carbocycles. The van der Waals surface area contributed by atoms with Crippen molar-refractivity contribution in [3.63, 3.8) is 0 Å². The topological polar surface area (TPSA) is 21.3 Å². The quantitative estimate of drug-likeness (QED) is 0.152. The van der Waals surface area contributed by atoms with Gasteiger partial charge in [-0.1, -0.05) is 176 Å². The minimum absolute atomic E-state index is 0.898. The summed E-state index contributed by atoms with van der Waals surface area (Å²) in [6, 6.07) is 91.8. The third-order valence-corrected chi connectivity index (χ3v) is 13.4. The number of anilines is 3. The van der Waals surface area contributed by atoms with Gasteiger partial charge in [0.1, 0.15) is 11.2 Å². The maximum Gasteiger partial charge on any atom is 0.136 e. The van der Waals surface area contributed by atoms with Crippen LogP contribution in [0.2, 0.25) is 0 Å². The van der Waals surface area contributed by atoms with E-state index >= 15 is 0 Å². The van der Waals surface area contributed by atoms with Crippen molar-refractivity contribution < 1.29 is 4.42 Å². The molecule has 0 spiro atoms. The number of hydrogen-bond acceptors (Lipinski definition) is 2. The molecule has 13 aromatic rings. The van der Waals surface area contributed by atoms with Crippen LogP contribution in [0.15, 0.2) is 259 Å². The van der Waals surface area contributed by atoms with E-state index in [4.69, 9.17) is 4.42 Å². The molecule has 0 bridgehead atoms. The Hall–Kier alpha value is -8.92. The summed E-state index contributed by atoms with van der Waals surface area (Å²) >= 11 is 0. The van der Waals surface area contributed by atoms with Crippen molar-refractivity contribution in [2.75, 3.05) is 4.90 Å². The smallest absolute Gasteiger partial charge is 0.136 e. The molecule has 0 fully saturated rings. The standard InChI is InChI=1S/C64H42N2O/c1-3-12-43(13-4-1)47-30-35-52(36-31-47)65(59-20-11-18-56-55(59)39-41-63-64(56)57-17-8-10-21-62(57)67-63)53-37-32-48(33-38-53)46-24-22-44(23-25-46)45-26-28-49(29-27-45)50-34-40-61-58(42-50)54-16-7-9-19-60(54)66(61)51-14-5-2-6-15-51/h1-42H. The highest BCUT2D eigenvalue weighted by molar-refractivity contribution is 6.21. The van der Waals surface area contributed by atoms with Gasteiger partial charge in [-0.2, -0.15) is 0 Å². The monoisotopic (exact) mass is 854 g/mol. The zero-order chi connectivity index (χ0) is 44.3. The molecule has 2 aromatic heterocycles. The molecule has 13 rings (SSSR count). The third-order valence-electron chi connectivity index (χ3n) is 13.4. The summed E-state index contributed by atoms with van der Waals surface area (Å²) in [4.78, 5) is 2.38. The number of nitrogens with zero attached hydrogens (tertiary/aromatic N) is 2. The molecule has 314 valence electrons. The zero-order valence-electron chi connectivity index (χ0n) is 36.6. The van der Waals surface area contributed by atoms with E-state index in [2.05, 4.69) is 252 Å². The van der Waals surface area contributed by atoms with Gasteiger partial charge in [0, 0.05) is 44.0 Å². The Bertz CT molecular complexity index is 3920. The first kappa shape index (κ1) is 38.5. The summed E-state index contributed by atoms with van der Waals surface area (Å²) in [6.45, 7) is 0. The van der Waals surface area contributed by atoms with Crippen molar-refractivity contribution in [3.05, 3.63) is 255 Å². The fourth-order valence-corrected chi connectivity index (χ4v) is 10.1. The highest BCUT2D eigenvalue weighted by Crippen LogP contribution is 2.44. The minimum atomic E-state index is 0.898. The number of para-hydroxylation sites is 3. The lowest BCUT2D eigenvalue weighted by Crippen LogP contribution is -2.10. The molecule has 11 aromatic carbocycles. The van der Waals surface area contributed by atoms with Gasteiger partial charge in [-0.25, -0.2) is 0 Å². The van der Waals surface area contributed by atoms with Gasteiger partial charge in [0.25, 0.3) is 0 Å². The zero-order valence-corrected chi connectivity index (χ0v) is 36.6. The molecule has 2 heterocycles. The van der Waals surface area contributed by atoms with Gasteiger partial charge in [0.15, 0.2) is 0 Å². The van der Waals surface area contributed by atoms with Gasteiger partial charge in [-0.05, 0) is 129 Å². The van der Waals surface area contributed by atoms with Crippen molar-refractivity contribution >= 4 is 71.6 Å². The Morgan fingerprint density at radius 1 is 0.284 bits per heavy atom. The van der Waals surface area contributed by atoms with Gasteiger partial charge in [0.05, 0.1) is 16.7 Å². The van der Waals surface area contributed by atoms with Gasteiger partial charge in [-0.3, -0.25) is 0 Å². The Kier molecular flexibility index (Phi) is 9.17. The highest BCUT2D eigenvalue weighted by Gasteiger charge is 2.19. The average Bonchev–Trinajstić information content (AvgIpc) is 3.96. The number of fused-ring (bicyclic) bond motifs is 8. The summed E-state index contributed by atoms with van der Waals surface area (Å²) in [7, 11) is 0. The summed E-state index contributed by atoms with van der Waals surface area (Å²) in [5.41, 5.74) is 18.2. The second kappa shape index (κ2) is 16.0. The number of hydrogen-bond donors (Lipinski definition) is 0. The van der Waals surface area contributed by atoms with Crippen molar-refractivity contribution in [2.45, 2.75) is 0 Å². The molecule has 3 nitrogen and oxygen atoms in total. The normalized spacial score (nSPS) is 11.6. The van der Waals surface area contributed by atoms with Crippen LogP contribution < -0.4 is 4.90 Å². The summed E-state index contributed by atoms with van der Waals surface area (Å²) in [6.07, 6.45) is 0. The molecule has 3 heteroatoms. The SMILES string of the molecule is c1ccc(-c2ccc(N(c3ccc(-c4ccc(-c5ccc(-c6ccc7c(c6)c6ccccc6n7-c6ccccc6)cc5)cc4)cc3)c3cccc4c3ccc3oc5ccccc5c34)cc2)cc1. The molecule has 0 unspecified atom stereocenters. The molecule has 0 saturated heterocycles. The molecule has 0 atom stereocenters. The fourth-order valence-electron chi connectivity index (χ4n) is 10.1. The third kappa shape index (κ3) is 6.67. The first-order chi connectivity index (χ1) is 33.2. The Morgan fingerprint density at radius 2 is 0.761 bits per heavy atom. The molecule has 0 aliphatic carbocycles. The molecule has 0 aliphatic rings. The summed E-state index contributed by atoms with van der Waals surface area (Å²) < 4.78 is 8.68. The van der Waals surface area contributed by atoms with Crippen LogP contribution in [0.3, 0.4) is 0 Å². The molecule has 0 aliphatic heterocycles. The van der Waals surface area contributed by atoms with Gasteiger partial charge in [-0.15, -0.1) is 0 Å². The van der Waals surface area contributed by atoms with E-state index in [9.17, 15) is 0 Å². The van der Waals surface area contributed by atoms with Crippen LogP contribution in [0.4, 0.5) is 17.1 Å². The molecule has 0 amide bonds. The van der Waals surface area contributed by atoms with Crippen LogP contribution in [0, 0.1) is 0 Å². The second-order valence-corrected chi connectivity index (χ2v) is 17.3. The molecular formula is C64H42N2O. The molecule has 67 heavy (non-hydrogen) atoms. The Morgan fingerprint density at radius 3 is 1.40 bits per heavy atom. The first-order valence-electron chi connectivity index (χ1n) is 22.9. The van der Waals surface area contributed by atoms with E-state index < -0.39 is 0 Å². The van der Waals surface area contributed by atoms with Crippen LogP contribution in [0.1, 0.15) is 0 Å². The molecule has 0 radical (unpaired) electrons. The van der Waals surface area contributed by atoms with E-state index in [-0.39, 0.29) is 0 Å². The van der Waals surface area contributed by atoms with E-state index in [1.165, 1.54) is 77.4 Å². The van der Waals surface area contributed by atoms with Gasteiger partial charge in [0.2, 0.25) is 0 Å². The summed E-state index contributed by atoms with van der Waals surface area (Å²) in [5, 5.41) is 7.12. The minimum Gasteiger partial charge on any atom is -0.456 e. The van der Waals surface area contributed by atoms with E-state index in [0.717, 1.165) is 44.4 Å². The largest absolute Gasteiger partial charge is 0.456 e. The maximum atomic E-state index is 6.31. The van der Waals surface area contributed by atoms with Crippen LogP contribution in [0.25, 0.3) is 105 Å². The van der Waals surface area contributed by atoms with Crippen LogP contribution in [0.5, 0.6) is 0 Å². The lowest BCUT2D eigenvalue weighted by Gasteiger charge is -2.27. The summed E-state index contributed by atoms with van der Waals surface area (Å²) in [5.74, 6) is 0. The Labute approximate surface area is 388 Å². The number of rotatable bonds is 8. The second-order valence-electron chi connectivity index (χ2n) is 17.3. The number of aromatic nitrogens is 1. The van der Waals surface area contributed by atoms with E-state index in [1.807, 2.05) is 12.1 Å². The van der Waals surface area contributed by atoms with Crippen molar-refractivity contribution in [3.8, 4) is 50.2 Å². The van der Waals surface area contributed by atoms with E-state index in [0.29, 0.717) is 0 Å². The Balaban J connectivity index is 0.810. The number of furan rings is 1. The van der Waals surface area contributed by atoms with Crippen LogP contribution in [-0.2, 0) is 0 Å². The lowest BCUT2D eigenvalue weighted by atomic mass is 9.97. The first-order valence-corrected chi connectivity index (χ1v) is 22.9. The highest BCUT2D eigenvalue weighted by atomic mass is 16.3. The predicted octanol–water partition coefficient (Wildman–Crippen LogP) is 18.0. The van der Waals surface area contributed by atoms with Gasteiger partial charge >= 0.3 is 0 Å². The number of benzene rings is 11. The molecular weight excluding hydrogens is 813 g/mol. The van der Waals surface area contributed by atoms with Crippen molar-refractivity contribution in [2.24, 2.45) is 0 Å². The van der Waals surface area contributed by atoms with Crippen molar-refractivity contribution in [1.29, 1.82) is 0 Å². The molecule has 0 N–H and O–H groups in total. The lowest BCUT2D eigenvalue weighted by molar-refractivity contribution is 0.669. The fraction of sp³-hybridized carbons (Fsp3) is 0. The van der Waals surface area contributed by atoms with Crippen LogP contribution >= 0.6 is 0 Å². The van der Waals surface area contributed by atoms with Crippen LogP contribution in [-0.4, -0.2) is 4.57 Å². The maximum absolute atomic E-state index is 6.31. The van der Waals surface area contributed by atoms with Gasteiger partial charge < -0.3 is 13.9 Å². The predicted molar refractivity (Wildman–Crippen MR) is 282 cm³/mol.